The maximum Gasteiger partial charge on any atom is 0.313 e. The van der Waals surface area contributed by atoms with Crippen LogP contribution in [-0.2, 0) is 4.79 Å². The van der Waals surface area contributed by atoms with Gasteiger partial charge in [0.25, 0.3) is 0 Å². The third-order valence-corrected chi connectivity index (χ3v) is 6.68. The fourth-order valence-corrected chi connectivity index (χ4v) is 4.48. The Bertz CT molecular complexity index is 496. The Labute approximate surface area is 128 Å². The van der Waals surface area contributed by atoms with Gasteiger partial charge >= 0.3 is 5.97 Å². The van der Waals surface area contributed by atoms with Crippen LogP contribution in [0.15, 0.2) is 24.3 Å². The van der Waals surface area contributed by atoms with Crippen LogP contribution in [0.3, 0.4) is 0 Å². The monoisotopic (exact) mass is 306 g/mol. The van der Waals surface area contributed by atoms with E-state index >= 15 is 0 Å². The average Bonchev–Trinajstić information content (AvgIpc) is 2.38. The van der Waals surface area contributed by atoms with Gasteiger partial charge in [0.15, 0.2) is 0 Å². The van der Waals surface area contributed by atoms with Crippen LogP contribution in [0.25, 0.3) is 0 Å². The summed E-state index contributed by atoms with van der Waals surface area (Å²) in [5, 5.41) is 21.7. The summed E-state index contributed by atoms with van der Waals surface area (Å²) in [6, 6.07) is 7.89. The summed E-state index contributed by atoms with van der Waals surface area (Å²) in [6.07, 6.45) is 4.07. The third-order valence-electron chi connectivity index (χ3n) is 4.61. The summed E-state index contributed by atoms with van der Waals surface area (Å²) < 4.78 is 0. The second-order valence-corrected chi connectivity index (χ2v) is 12.4. The molecule has 0 unspecified atom stereocenters. The molecule has 2 rings (SSSR count). The van der Waals surface area contributed by atoms with E-state index in [2.05, 4.69) is 19.6 Å². The maximum atomic E-state index is 11.7. The first kappa shape index (κ1) is 16.2. The van der Waals surface area contributed by atoms with E-state index in [4.69, 9.17) is 0 Å². The van der Waals surface area contributed by atoms with Crippen LogP contribution in [-0.4, -0.2) is 29.9 Å². The number of carbonyl (C=O) groups is 1. The van der Waals surface area contributed by atoms with E-state index in [0.717, 1.165) is 24.8 Å². The highest BCUT2D eigenvalue weighted by molar-refractivity contribution is 6.88. The van der Waals surface area contributed by atoms with Crippen LogP contribution in [0.2, 0.25) is 19.6 Å². The Kier molecular flexibility index (Phi) is 4.59. The summed E-state index contributed by atoms with van der Waals surface area (Å²) in [5.74, 6) is -1.73. The minimum absolute atomic E-state index is 0.583. The molecule has 2 N–H and O–H groups in total. The van der Waals surface area contributed by atoms with Gasteiger partial charge in [-0.25, -0.2) is 0 Å². The first-order chi connectivity index (χ1) is 9.74. The van der Waals surface area contributed by atoms with E-state index in [-0.39, 0.29) is 0 Å². The minimum atomic E-state index is -1.39. The number of aliphatic hydroxyl groups is 1. The molecular weight excluding hydrogens is 280 g/mol. The van der Waals surface area contributed by atoms with Gasteiger partial charge in [-0.15, -0.1) is 0 Å². The zero-order valence-electron chi connectivity index (χ0n) is 13.2. The number of hydrogen-bond acceptors (Lipinski definition) is 2. The first-order valence-corrected chi connectivity index (χ1v) is 11.3. The van der Waals surface area contributed by atoms with Crippen molar-refractivity contribution in [2.45, 2.75) is 63.3 Å². The Morgan fingerprint density at radius 2 is 1.62 bits per heavy atom. The quantitative estimate of drug-likeness (QED) is 0.840. The molecule has 0 bridgehead atoms. The molecule has 0 radical (unpaired) electrons. The topological polar surface area (TPSA) is 57.5 Å². The molecule has 0 aliphatic heterocycles. The number of aliphatic carboxylic acids is 1. The maximum absolute atomic E-state index is 11.7. The van der Waals surface area contributed by atoms with Gasteiger partial charge in [0, 0.05) is 0 Å². The standard InChI is InChI=1S/C17H26O3Si/c1-21(2,3)14-9-7-13(8-10-14)15(16(18)19)17(20)11-5-4-6-12-17/h7-10,15,20H,4-6,11-12H2,1-3H3,(H,18,19)/t15-/m0/s1. The highest BCUT2D eigenvalue weighted by Crippen LogP contribution is 2.40. The van der Waals surface area contributed by atoms with Gasteiger partial charge in [-0.1, -0.05) is 68.4 Å². The fourth-order valence-electron chi connectivity index (χ4n) is 3.31. The lowest BCUT2D eigenvalue weighted by Crippen LogP contribution is -2.42. The zero-order valence-corrected chi connectivity index (χ0v) is 14.2. The summed E-state index contributed by atoms with van der Waals surface area (Å²) in [5.41, 5.74) is -0.362. The van der Waals surface area contributed by atoms with Crippen molar-refractivity contribution in [3.05, 3.63) is 29.8 Å². The number of hydrogen-bond donors (Lipinski definition) is 2. The third kappa shape index (κ3) is 3.55. The van der Waals surface area contributed by atoms with Gasteiger partial charge in [-0.2, -0.15) is 0 Å². The molecule has 116 valence electrons. The smallest absolute Gasteiger partial charge is 0.313 e. The van der Waals surface area contributed by atoms with Gasteiger partial charge in [0.1, 0.15) is 5.92 Å². The molecule has 1 aliphatic rings. The van der Waals surface area contributed by atoms with E-state index in [1.807, 2.05) is 24.3 Å². The Morgan fingerprint density at radius 1 is 1.10 bits per heavy atom. The van der Waals surface area contributed by atoms with Crippen LogP contribution in [0.4, 0.5) is 0 Å². The molecule has 1 saturated carbocycles. The molecule has 0 aromatic heterocycles. The minimum Gasteiger partial charge on any atom is -0.481 e. The Morgan fingerprint density at radius 3 is 2.05 bits per heavy atom. The zero-order chi connectivity index (χ0) is 15.7. The fraction of sp³-hybridized carbons (Fsp3) is 0.588. The lowest BCUT2D eigenvalue weighted by Gasteiger charge is -2.37. The molecule has 1 atom stereocenters. The summed E-state index contributed by atoms with van der Waals surface area (Å²) >= 11 is 0. The second-order valence-electron chi connectivity index (χ2n) is 7.31. The molecule has 0 spiro atoms. The molecule has 3 nitrogen and oxygen atoms in total. The van der Waals surface area contributed by atoms with Crippen molar-refractivity contribution in [3.8, 4) is 0 Å². The second kappa shape index (κ2) is 5.93. The van der Waals surface area contributed by atoms with Gasteiger partial charge in [-0.05, 0) is 18.4 Å². The molecule has 1 aromatic rings. The van der Waals surface area contributed by atoms with E-state index in [1.54, 1.807) is 0 Å². The van der Waals surface area contributed by atoms with Gasteiger partial charge in [-0.3, -0.25) is 4.79 Å². The van der Waals surface area contributed by atoms with Crippen LogP contribution in [0.5, 0.6) is 0 Å². The van der Waals surface area contributed by atoms with Crippen LogP contribution in [0.1, 0.15) is 43.6 Å². The van der Waals surface area contributed by atoms with E-state index in [0.29, 0.717) is 12.8 Å². The largest absolute Gasteiger partial charge is 0.481 e. The van der Waals surface area contributed by atoms with Gasteiger partial charge in [0.2, 0.25) is 0 Å². The van der Waals surface area contributed by atoms with Crippen LogP contribution >= 0.6 is 0 Å². The Hall–Kier alpha value is -1.13. The lowest BCUT2D eigenvalue weighted by molar-refractivity contribution is -0.147. The van der Waals surface area contributed by atoms with Gasteiger partial charge in [0.05, 0.1) is 13.7 Å². The lowest BCUT2D eigenvalue weighted by atomic mass is 9.73. The van der Waals surface area contributed by atoms with E-state index < -0.39 is 25.6 Å². The highest BCUT2D eigenvalue weighted by Gasteiger charge is 2.43. The summed E-state index contributed by atoms with van der Waals surface area (Å²) in [6.45, 7) is 6.81. The summed E-state index contributed by atoms with van der Waals surface area (Å²) in [7, 11) is -1.39. The number of benzene rings is 1. The first-order valence-electron chi connectivity index (χ1n) is 7.80. The molecule has 0 saturated heterocycles. The predicted octanol–water partition coefficient (Wildman–Crippen LogP) is 3.10. The molecule has 21 heavy (non-hydrogen) atoms. The Balaban J connectivity index is 2.33. The predicted molar refractivity (Wildman–Crippen MR) is 87.8 cm³/mol. The molecule has 1 fully saturated rings. The van der Waals surface area contributed by atoms with E-state index in [1.165, 1.54) is 5.19 Å². The molecular formula is C17H26O3Si. The van der Waals surface area contributed by atoms with Crippen LogP contribution in [0, 0.1) is 0 Å². The number of rotatable bonds is 4. The molecule has 1 aliphatic carbocycles. The average molecular weight is 306 g/mol. The highest BCUT2D eigenvalue weighted by atomic mass is 28.3. The summed E-state index contributed by atoms with van der Waals surface area (Å²) in [4.78, 5) is 11.7. The van der Waals surface area contributed by atoms with Crippen molar-refractivity contribution >= 4 is 19.2 Å². The van der Waals surface area contributed by atoms with Crippen molar-refractivity contribution in [2.75, 3.05) is 0 Å². The molecule has 4 heteroatoms. The molecule has 0 heterocycles. The van der Waals surface area contributed by atoms with Crippen molar-refractivity contribution in [3.63, 3.8) is 0 Å². The van der Waals surface area contributed by atoms with Crippen molar-refractivity contribution < 1.29 is 15.0 Å². The normalized spacial score (nSPS) is 20.0. The number of carboxylic acid groups (broad SMARTS) is 1. The van der Waals surface area contributed by atoms with Gasteiger partial charge < -0.3 is 10.2 Å². The van der Waals surface area contributed by atoms with Crippen molar-refractivity contribution in [1.29, 1.82) is 0 Å². The van der Waals surface area contributed by atoms with Crippen molar-refractivity contribution in [1.82, 2.24) is 0 Å². The van der Waals surface area contributed by atoms with Crippen LogP contribution < -0.4 is 5.19 Å². The SMILES string of the molecule is C[Si](C)(C)c1ccc([C@@H](C(=O)O)C2(O)CCCCC2)cc1. The molecule has 1 aromatic carbocycles. The van der Waals surface area contributed by atoms with E-state index in [9.17, 15) is 15.0 Å². The molecule has 0 amide bonds. The number of carboxylic acids is 1. The van der Waals surface area contributed by atoms with Crippen molar-refractivity contribution in [2.24, 2.45) is 0 Å².